The minimum absolute atomic E-state index is 0.0156. The van der Waals surface area contributed by atoms with Gasteiger partial charge in [0.2, 0.25) is 47.3 Å². The van der Waals surface area contributed by atoms with E-state index in [-0.39, 0.29) is 128 Å². The summed E-state index contributed by atoms with van der Waals surface area (Å²) in [6.45, 7) is 9.87. The molecule has 2 saturated heterocycles. The van der Waals surface area contributed by atoms with Crippen molar-refractivity contribution in [2.45, 2.75) is 205 Å². The first kappa shape index (κ1) is 86.0. The van der Waals surface area contributed by atoms with Crippen molar-refractivity contribution in [2.24, 2.45) is 0 Å². The molecule has 117 heavy (non-hydrogen) atoms. The second-order valence-electron chi connectivity index (χ2n) is 31.2. The maximum atomic E-state index is 16.3. The van der Waals surface area contributed by atoms with Crippen LogP contribution in [0.3, 0.4) is 0 Å². The number of nitrogens with zero attached hydrogens (tertiary/aromatic N) is 7. The molecule has 8 atom stereocenters. The number of Topliss-reactive ketones (excluding diaryl/α,β-unsaturated/α-hetero) is 1. The van der Waals surface area contributed by atoms with E-state index < -0.39 is 120 Å². The normalized spacial score (nSPS) is 21.5. The molecule has 5 aliphatic heterocycles. The molecule has 31 heteroatoms. The molecule has 0 unspecified atom stereocenters. The quantitative estimate of drug-likeness (QED) is 0.0495. The third kappa shape index (κ3) is 23.9. The molecule has 30 nitrogen and oxygen atoms in total. The summed E-state index contributed by atoms with van der Waals surface area (Å²) in [5.74, 6) is -5.72. The highest BCUT2D eigenvalue weighted by Gasteiger charge is 2.50. The van der Waals surface area contributed by atoms with Crippen LogP contribution in [-0.2, 0) is 127 Å². The Morgan fingerprint density at radius 2 is 1.52 bits per heavy atom. The number of methoxy groups -OCH3 is 1. The van der Waals surface area contributed by atoms with Crippen molar-refractivity contribution in [1.82, 2.24) is 71.5 Å². The number of fused-ring (bicyclic) bond motifs is 20. The van der Waals surface area contributed by atoms with Crippen molar-refractivity contribution in [3.05, 3.63) is 196 Å². The number of carbonyl (C=O) groups excluding carboxylic acids is 11. The van der Waals surface area contributed by atoms with Gasteiger partial charge in [0.05, 0.1) is 38.7 Å². The van der Waals surface area contributed by atoms with Gasteiger partial charge in [-0.15, -0.1) is 5.10 Å². The Balaban J connectivity index is 0.976. The first-order valence-electron chi connectivity index (χ1n) is 39.8. The van der Waals surface area contributed by atoms with E-state index in [1.54, 1.807) is 99.6 Å². The molecule has 622 valence electrons. The minimum Gasteiger partial charge on any atom is -0.497 e. The molecule has 2 fully saturated rings. The first-order chi connectivity index (χ1) is 56.1. The second kappa shape index (κ2) is 40.1. The van der Waals surface area contributed by atoms with Gasteiger partial charge in [0.1, 0.15) is 77.6 Å². The van der Waals surface area contributed by atoms with Crippen LogP contribution in [0.15, 0.2) is 146 Å². The largest absolute Gasteiger partial charge is 0.497 e. The molecule has 7 aromatic rings. The predicted molar refractivity (Wildman–Crippen MR) is 428 cm³/mol. The van der Waals surface area contributed by atoms with Gasteiger partial charge in [0, 0.05) is 102 Å². The van der Waals surface area contributed by atoms with Crippen molar-refractivity contribution in [3.8, 4) is 5.75 Å². The number of amides is 10. The average molecular weight is 1610 g/mol. The molecule has 7 heterocycles. The van der Waals surface area contributed by atoms with Crippen LogP contribution in [0.5, 0.6) is 5.75 Å². The fourth-order valence-corrected chi connectivity index (χ4v) is 14.9. The average Bonchev–Trinajstić information content (AvgIpc) is 1.65. The molecule has 12 rings (SSSR count). The number of carbonyl (C=O) groups is 11. The van der Waals surface area contributed by atoms with Crippen LogP contribution in [0.1, 0.15) is 131 Å². The Morgan fingerprint density at radius 1 is 0.752 bits per heavy atom. The number of aromatic nitrogens is 4. The summed E-state index contributed by atoms with van der Waals surface area (Å²) in [5, 5.41) is 29.0. The Morgan fingerprint density at radius 3 is 2.28 bits per heavy atom. The van der Waals surface area contributed by atoms with Crippen LogP contribution in [0.2, 0.25) is 0 Å². The highest BCUT2D eigenvalue weighted by Crippen LogP contribution is 2.33. The van der Waals surface area contributed by atoms with Crippen LogP contribution in [0, 0.1) is 5.82 Å². The molecule has 10 bridgehead atoms. The summed E-state index contributed by atoms with van der Waals surface area (Å²) in [6, 6.07) is 26.9. The Bertz CT molecular complexity index is 4720. The van der Waals surface area contributed by atoms with Crippen molar-refractivity contribution in [2.75, 3.05) is 46.4 Å². The fraction of sp³-hybridized carbons (Fsp3) is 0.453. The van der Waals surface area contributed by atoms with E-state index in [1.807, 2.05) is 71.3 Å². The highest BCUT2D eigenvalue weighted by atomic mass is 19.1. The first-order valence-corrected chi connectivity index (χ1v) is 39.8. The molecule has 0 radical (unpaired) electrons. The Labute approximate surface area is 679 Å². The van der Waals surface area contributed by atoms with Gasteiger partial charge < -0.3 is 85.0 Å². The zero-order valence-corrected chi connectivity index (χ0v) is 67.2. The van der Waals surface area contributed by atoms with Gasteiger partial charge in [0.25, 0.3) is 0 Å². The number of hydrogen-bond donors (Lipinski definition) is 7. The van der Waals surface area contributed by atoms with Crippen LogP contribution < -0.4 is 42.0 Å². The van der Waals surface area contributed by atoms with Gasteiger partial charge in [-0.1, -0.05) is 108 Å². The molecular weight excluding hydrogens is 1500 g/mol. The number of allylic oxidation sites excluding steroid dienone is 2. The van der Waals surface area contributed by atoms with Gasteiger partial charge in [0.15, 0.2) is 0 Å². The SMILES string of the molecule is COc1ccc(C[C@@H]2NC(=O)[C@H]([C@@H](C)OCc3cn(CCNC(=O)OCc4ccccc4)nn3)NC(=O)[C@@H]3[C@@H]4CCN3C(=O)[C@H](Cc3cn(c5ccc(F)cc35)CC=CCCCN(C(=O)CCC(C)=O)Cc3ccc(cc3)CCNC(=O)[C@]3(C)CCCN3C2=O)NC(=O)[C@@H](NC(=O)OC(C)(C)C)Cc2cccc(c2)CNC(=O)CO4)cc1. The predicted octanol–water partition coefficient (Wildman–Crippen LogP) is 6.69. The van der Waals surface area contributed by atoms with E-state index in [0.717, 1.165) is 16.7 Å². The highest BCUT2D eigenvalue weighted by molar-refractivity contribution is 5.99. The number of alkyl carbamates (subject to hydrolysis) is 2. The Hall–Kier alpha value is -11.9. The molecule has 7 N–H and O–H groups in total. The molecular formula is C86H105FN14O16. The van der Waals surface area contributed by atoms with E-state index in [9.17, 15) is 28.8 Å². The van der Waals surface area contributed by atoms with Crippen LogP contribution >= 0.6 is 0 Å². The summed E-state index contributed by atoms with van der Waals surface area (Å²) in [6.07, 6.45) is 4.51. The Kier molecular flexibility index (Phi) is 29.5. The minimum atomic E-state index is -1.76. The smallest absolute Gasteiger partial charge is 0.408 e. The summed E-state index contributed by atoms with van der Waals surface area (Å²) in [7, 11) is 1.50. The van der Waals surface area contributed by atoms with Crippen LogP contribution in [0.25, 0.3) is 10.9 Å². The van der Waals surface area contributed by atoms with E-state index in [2.05, 4.69) is 47.5 Å². The molecule has 0 spiro atoms. The van der Waals surface area contributed by atoms with Gasteiger partial charge in [-0.2, -0.15) is 0 Å². The lowest BCUT2D eigenvalue weighted by Crippen LogP contribution is -2.64. The van der Waals surface area contributed by atoms with Gasteiger partial charge in [-0.25, -0.2) is 14.0 Å². The van der Waals surface area contributed by atoms with E-state index in [4.69, 9.17) is 23.7 Å². The zero-order valence-electron chi connectivity index (χ0n) is 67.2. The molecule has 2 aromatic heterocycles. The summed E-state index contributed by atoms with van der Waals surface area (Å²) in [4.78, 5) is 165. The van der Waals surface area contributed by atoms with Crippen molar-refractivity contribution >= 4 is 76.1 Å². The summed E-state index contributed by atoms with van der Waals surface area (Å²) in [5.41, 5.74) is 3.03. The number of hydrogen-bond acceptors (Lipinski definition) is 18. The molecule has 0 saturated carbocycles. The van der Waals surface area contributed by atoms with Crippen molar-refractivity contribution in [3.63, 3.8) is 0 Å². The van der Waals surface area contributed by atoms with Crippen LogP contribution in [0.4, 0.5) is 14.0 Å². The third-order valence-electron chi connectivity index (χ3n) is 21.2. The number of rotatable bonds is 16. The molecule has 10 amide bonds. The summed E-state index contributed by atoms with van der Waals surface area (Å²) < 4.78 is 48.5. The monoisotopic (exact) mass is 1610 g/mol. The van der Waals surface area contributed by atoms with Crippen molar-refractivity contribution < 1.29 is 80.8 Å². The lowest BCUT2D eigenvalue weighted by Gasteiger charge is -2.37. The van der Waals surface area contributed by atoms with E-state index in [1.165, 1.54) is 47.6 Å². The van der Waals surface area contributed by atoms with E-state index >= 15 is 28.4 Å². The molecule has 5 aromatic carbocycles. The lowest BCUT2D eigenvalue weighted by molar-refractivity contribution is -0.148. The zero-order chi connectivity index (χ0) is 83.3. The topological polar surface area (TPSA) is 363 Å². The third-order valence-corrected chi connectivity index (χ3v) is 21.2. The fourth-order valence-electron chi connectivity index (χ4n) is 14.9. The van der Waals surface area contributed by atoms with Crippen LogP contribution in [-0.4, -0.2) is 199 Å². The second-order valence-corrected chi connectivity index (χ2v) is 31.2. The maximum absolute atomic E-state index is 16.3. The number of ether oxygens (including phenoxy) is 5. The van der Waals surface area contributed by atoms with E-state index in [0.29, 0.717) is 71.1 Å². The standard InChI is InChI=1S/C86H105FN14O16/c1-55(102)21-32-74(104)98-39-14-9-8-13-38-97-50-63(67-47-64(87)28-31-71(67)97)46-70-80(108)100-41-34-72(115-54-73(103)90-48-62-20-15-19-61(43-62)45-68(77(105)91-70)93-84(112)117-85(3,4)5)76(100)79(107)94-75(56(2)114-53-65-51-99(96-95-65)42-37-89-83(111)116-52-60-17-11-10-12-18-60)78(106)92-69(44-58-26-29-66(113-7)30-27-58)81(109)101-40-16-35-86(101,6)82(110)88-36-33-57-22-24-59(49-98)25-23-57/h8,10-13,15,17-20,22-31,43,47,50-51,56,68-70,72,75-76H,9,14,16,21,32-42,44-46,48-49,52-54H2,1-7H3,(H,88,110)(H,89,111)(H,90,103)(H,91,105)(H,92,106)(H,93,112)(H,94,107)/t56-,68+,69+,70+,72+,75+,76+,86+/m1/s1. The lowest BCUT2D eigenvalue weighted by atomic mass is 9.95. The number of benzene rings is 5. The molecule has 0 aliphatic carbocycles. The van der Waals surface area contributed by atoms with Gasteiger partial charge in [-0.3, -0.25) is 43.0 Å². The summed E-state index contributed by atoms with van der Waals surface area (Å²) >= 11 is 0. The molecule has 5 aliphatic rings. The number of halogens is 1. The van der Waals surface area contributed by atoms with Gasteiger partial charge >= 0.3 is 12.2 Å². The van der Waals surface area contributed by atoms with Crippen molar-refractivity contribution in [1.29, 1.82) is 0 Å². The number of nitrogens with one attached hydrogen (secondary N) is 7. The number of ketones is 1. The maximum Gasteiger partial charge on any atom is 0.408 e. The van der Waals surface area contributed by atoms with Gasteiger partial charge in [-0.05, 0) is 149 Å².